The fourth-order valence-electron chi connectivity index (χ4n) is 3.25. The van der Waals surface area contributed by atoms with Gasteiger partial charge in [0.25, 0.3) is 0 Å². The molecule has 27 heavy (non-hydrogen) atoms. The van der Waals surface area contributed by atoms with Gasteiger partial charge in [-0.25, -0.2) is 8.42 Å². The molecule has 2 aromatic carbocycles. The van der Waals surface area contributed by atoms with Crippen molar-refractivity contribution in [2.24, 2.45) is 0 Å². The number of hydrogen-bond donors (Lipinski definition) is 2. The second-order valence-electron chi connectivity index (χ2n) is 6.67. The minimum absolute atomic E-state index is 0.0271. The third kappa shape index (κ3) is 5.30. The normalized spacial score (nSPS) is 19.4. The number of carbonyl (C=O) groups excluding carboxylic acids is 1. The van der Waals surface area contributed by atoms with E-state index in [-0.39, 0.29) is 36.0 Å². The van der Waals surface area contributed by atoms with Crippen LogP contribution in [0.25, 0.3) is 0 Å². The van der Waals surface area contributed by atoms with E-state index >= 15 is 0 Å². The lowest BCUT2D eigenvalue weighted by atomic mass is 9.98. The van der Waals surface area contributed by atoms with Crippen LogP contribution in [0.5, 0.6) is 5.75 Å². The van der Waals surface area contributed by atoms with Crippen LogP contribution in [0.1, 0.15) is 23.6 Å². The summed E-state index contributed by atoms with van der Waals surface area (Å²) in [4.78, 5) is 12.3. The minimum Gasteiger partial charge on any atom is -0.497 e. The first-order chi connectivity index (χ1) is 13.0. The van der Waals surface area contributed by atoms with E-state index < -0.39 is 9.84 Å². The molecular formula is C20H24N2O4S. The summed E-state index contributed by atoms with van der Waals surface area (Å²) in [5.74, 6) is 0.737. The lowest BCUT2D eigenvalue weighted by molar-refractivity contribution is -0.120. The van der Waals surface area contributed by atoms with Crippen LogP contribution in [0, 0.1) is 0 Å². The monoisotopic (exact) mass is 388 g/mol. The van der Waals surface area contributed by atoms with Gasteiger partial charge >= 0.3 is 0 Å². The molecule has 0 spiro atoms. The van der Waals surface area contributed by atoms with Gasteiger partial charge in [0.2, 0.25) is 5.91 Å². The zero-order chi connectivity index (χ0) is 19.3. The molecule has 1 amide bonds. The summed E-state index contributed by atoms with van der Waals surface area (Å²) < 4.78 is 28.3. The van der Waals surface area contributed by atoms with Crippen molar-refractivity contribution < 1.29 is 17.9 Å². The molecule has 0 saturated carbocycles. The summed E-state index contributed by atoms with van der Waals surface area (Å²) in [6.07, 6.45) is 0.481. The first-order valence-corrected chi connectivity index (χ1v) is 10.7. The molecule has 0 bridgehead atoms. The number of nitrogens with one attached hydrogen (secondary N) is 2. The molecule has 2 aromatic rings. The number of amides is 1. The molecule has 2 atom stereocenters. The largest absolute Gasteiger partial charge is 0.497 e. The predicted molar refractivity (Wildman–Crippen MR) is 104 cm³/mol. The van der Waals surface area contributed by atoms with Crippen molar-refractivity contribution in [3.63, 3.8) is 0 Å². The summed E-state index contributed by atoms with van der Waals surface area (Å²) in [5, 5.41) is 6.09. The zero-order valence-electron chi connectivity index (χ0n) is 15.2. The Bertz CT molecular complexity index is 867. The number of rotatable bonds is 7. The van der Waals surface area contributed by atoms with Gasteiger partial charge < -0.3 is 10.1 Å². The summed E-state index contributed by atoms with van der Waals surface area (Å²) in [6, 6.07) is 17.1. The maximum Gasteiger partial charge on any atom is 0.234 e. The van der Waals surface area contributed by atoms with Gasteiger partial charge in [-0.3, -0.25) is 10.1 Å². The number of benzene rings is 2. The Balaban J connectivity index is 1.67. The van der Waals surface area contributed by atoms with Crippen molar-refractivity contribution in [2.75, 3.05) is 25.2 Å². The molecule has 1 fully saturated rings. The summed E-state index contributed by atoms with van der Waals surface area (Å²) in [7, 11) is -1.39. The van der Waals surface area contributed by atoms with Crippen molar-refractivity contribution in [1.29, 1.82) is 0 Å². The fourth-order valence-corrected chi connectivity index (χ4v) is 4.93. The Morgan fingerprint density at radius 3 is 2.37 bits per heavy atom. The van der Waals surface area contributed by atoms with Crippen molar-refractivity contribution in [3.8, 4) is 5.75 Å². The average molecular weight is 388 g/mol. The Hall–Kier alpha value is -2.38. The van der Waals surface area contributed by atoms with Crippen LogP contribution in [0.4, 0.5) is 0 Å². The molecule has 0 aromatic heterocycles. The van der Waals surface area contributed by atoms with E-state index in [1.165, 1.54) is 0 Å². The highest BCUT2D eigenvalue weighted by atomic mass is 32.2. The van der Waals surface area contributed by atoms with Crippen molar-refractivity contribution >= 4 is 15.7 Å². The van der Waals surface area contributed by atoms with E-state index in [9.17, 15) is 13.2 Å². The van der Waals surface area contributed by atoms with E-state index in [0.717, 1.165) is 16.9 Å². The van der Waals surface area contributed by atoms with Crippen LogP contribution in [-0.4, -0.2) is 45.5 Å². The molecule has 1 aliphatic rings. The van der Waals surface area contributed by atoms with E-state index in [1.54, 1.807) is 7.11 Å². The summed E-state index contributed by atoms with van der Waals surface area (Å²) in [6.45, 7) is 0.0993. The van der Waals surface area contributed by atoms with Gasteiger partial charge in [-0.2, -0.15) is 0 Å². The maximum absolute atomic E-state index is 12.3. The Labute approximate surface area is 159 Å². The van der Waals surface area contributed by atoms with Gasteiger partial charge in [0.15, 0.2) is 9.84 Å². The number of ether oxygens (including phenoxy) is 1. The third-order valence-electron chi connectivity index (χ3n) is 4.65. The topological polar surface area (TPSA) is 84.5 Å². The maximum atomic E-state index is 12.3. The zero-order valence-corrected chi connectivity index (χ0v) is 16.0. The van der Waals surface area contributed by atoms with Crippen molar-refractivity contribution in [3.05, 3.63) is 65.7 Å². The second kappa shape index (κ2) is 8.54. The molecule has 0 radical (unpaired) electrons. The Kier molecular flexibility index (Phi) is 6.13. The van der Waals surface area contributed by atoms with Crippen LogP contribution >= 0.6 is 0 Å². The molecule has 2 unspecified atom stereocenters. The molecule has 6 nitrogen and oxygen atoms in total. The quantitative estimate of drug-likeness (QED) is 0.754. The molecule has 144 valence electrons. The molecule has 1 heterocycles. The van der Waals surface area contributed by atoms with Crippen LogP contribution in [0.2, 0.25) is 0 Å². The van der Waals surface area contributed by atoms with E-state index in [4.69, 9.17) is 4.74 Å². The van der Waals surface area contributed by atoms with Gasteiger partial charge in [-0.1, -0.05) is 42.5 Å². The van der Waals surface area contributed by atoms with E-state index in [2.05, 4.69) is 10.6 Å². The standard InChI is InChI=1S/C20H24N2O4S/c1-26-18-9-7-16(8-10-18)20(15-5-3-2-4-6-15)21-13-19(23)22-17-11-12-27(24,25)14-17/h2-10,17,20-21H,11-14H2,1H3,(H,22,23). The fraction of sp³-hybridized carbons (Fsp3) is 0.350. The Morgan fingerprint density at radius 1 is 1.11 bits per heavy atom. The number of methoxy groups -OCH3 is 1. The number of carbonyl (C=O) groups is 1. The molecule has 0 aliphatic carbocycles. The van der Waals surface area contributed by atoms with Gasteiger partial charge in [0, 0.05) is 6.04 Å². The molecular weight excluding hydrogens is 364 g/mol. The molecule has 2 N–H and O–H groups in total. The number of sulfone groups is 1. The highest BCUT2D eigenvalue weighted by Crippen LogP contribution is 2.24. The predicted octanol–water partition coefficient (Wildman–Crippen LogP) is 1.68. The molecule has 1 saturated heterocycles. The number of hydrogen-bond acceptors (Lipinski definition) is 5. The molecule has 3 rings (SSSR count). The van der Waals surface area contributed by atoms with Crippen LogP contribution in [0.3, 0.4) is 0 Å². The smallest absolute Gasteiger partial charge is 0.234 e. The van der Waals surface area contributed by atoms with Gasteiger partial charge in [-0.15, -0.1) is 0 Å². The highest BCUT2D eigenvalue weighted by Gasteiger charge is 2.29. The lowest BCUT2D eigenvalue weighted by Gasteiger charge is -2.20. The van der Waals surface area contributed by atoms with Crippen molar-refractivity contribution in [2.45, 2.75) is 18.5 Å². The average Bonchev–Trinajstić information content (AvgIpc) is 3.01. The van der Waals surface area contributed by atoms with Gasteiger partial charge in [0.05, 0.1) is 31.2 Å². The SMILES string of the molecule is COc1ccc(C(NCC(=O)NC2CCS(=O)(=O)C2)c2ccccc2)cc1. The lowest BCUT2D eigenvalue weighted by Crippen LogP contribution is -2.42. The highest BCUT2D eigenvalue weighted by molar-refractivity contribution is 7.91. The minimum atomic E-state index is -3.01. The van der Waals surface area contributed by atoms with Gasteiger partial charge in [0.1, 0.15) is 5.75 Å². The molecule has 7 heteroatoms. The molecule has 1 aliphatic heterocycles. The van der Waals surface area contributed by atoms with Gasteiger partial charge in [-0.05, 0) is 29.7 Å². The first-order valence-electron chi connectivity index (χ1n) is 8.89. The first kappa shape index (κ1) is 19.4. The van der Waals surface area contributed by atoms with Crippen molar-refractivity contribution in [1.82, 2.24) is 10.6 Å². The van der Waals surface area contributed by atoms with E-state index in [1.807, 2.05) is 54.6 Å². The van der Waals surface area contributed by atoms with E-state index in [0.29, 0.717) is 6.42 Å². The third-order valence-corrected chi connectivity index (χ3v) is 6.41. The summed E-state index contributed by atoms with van der Waals surface area (Å²) >= 11 is 0. The van der Waals surface area contributed by atoms with Crippen LogP contribution in [0.15, 0.2) is 54.6 Å². The summed E-state index contributed by atoms with van der Waals surface area (Å²) in [5.41, 5.74) is 2.05. The Morgan fingerprint density at radius 2 is 1.78 bits per heavy atom. The van der Waals surface area contributed by atoms with Crippen LogP contribution < -0.4 is 15.4 Å². The second-order valence-corrected chi connectivity index (χ2v) is 8.89. The van der Waals surface area contributed by atoms with Crippen LogP contribution in [-0.2, 0) is 14.6 Å².